The average molecular weight is 253 g/mol. The summed E-state index contributed by atoms with van der Waals surface area (Å²) in [5, 5.41) is 5.71. The number of nitrogens with one attached hydrogen (secondary N) is 2. The fraction of sp³-hybridized carbons (Fsp3) is 0.846. The second kappa shape index (κ2) is 5.26. The van der Waals surface area contributed by atoms with Crippen molar-refractivity contribution in [1.82, 2.24) is 10.6 Å². The van der Waals surface area contributed by atoms with Gasteiger partial charge in [0.25, 0.3) is 0 Å². The summed E-state index contributed by atoms with van der Waals surface area (Å²) in [6, 6.07) is -0.0622. The Labute approximate surface area is 108 Å². The highest BCUT2D eigenvalue weighted by Crippen LogP contribution is 2.38. The molecular formula is C13H23N3O2. The molecule has 0 bridgehead atoms. The summed E-state index contributed by atoms with van der Waals surface area (Å²) in [7, 11) is 0. The molecule has 1 saturated heterocycles. The van der Waals surface area contributed by atoms with Crippen LogP contribution in [0, 0.1) is 11.3 Å². The zero-order valence-electron chi connectivity index (χ0n) is 11.0. The maximum Gasteiger partial charge on any atom is 0.227 e. The van der Waals surface area contributed by atoms with Crippen LogP contribution in [0.5, 0.6) is 0 Å². The first-order chi connectivity index (χ1) is 8.55. The topological polar surface area (TPSA) is 84.2 Å². The molecule has 1 heterocycles. The van der Waals surface area contributed by atoms with Crippen molar-refractivity contribution < 1.29 is 9.59 Å². The van der Waals surface area contributed by atoms with Crippen LogP contribution in [0.3, 0.4) is 0 Å². The molecule has 2 aliphatic rings. The minimum absolute atomic E-state index is 0.0133. The van der Waals surface area contributed by atoms with Crippen molar-refractivity contribution in [2.24, 2.45) is 17.1 Å². The minimum Gasteiger partial charge on any atom is -0.354 e. The summed E-state index contributed by atoms with van der Waals surface area (Å²) in [4.78, 5) is 23.5. The quantitative estimate of drug-likeness (QED) is 0.669. The van der Waals surface area contributed by atoms with Crippen LogP contribution in [-0.4, -0.2) is 30.9 Å². The van der Waals surface area contributed by atoms with Crippen molar-refractivity contribution in [3.8, 4) is 0 Å². The SMILES string of the molecule is CC1CCC(CN)(C(=O)NC2CNC(=O)C2)CC1. The van der Waals surface area contributed by atoms with E-state index in [4.69, 9.17) is 5.73 Å². The van der Waals surface area contributed by atoms with Gasteiger partial charge in [-0.2, -0.15) is 0 Å². The fourth-order valence-corrected chi connectivity index (χ4v) is 2.88. The van der Waals surface area contributed by atoms with E-state index < -0.39 is 5.41 Å². The molecule has 1 saturated carbocycles. The van der Waals surface area contributed by atoms with Crippen molar-refractivity contribution in [3.05, 3.63) is 0 Å². The summed E-state index contributed by atoms with van der Waals surface area (Å²) in [6.45, 7) is 3.17. The molecule has 2 rings (SSSR count). The zero-order chi connectivity index (χ0) is 13.2. The summed E-state index contributed by atoms with van der Waals surface area (Å²) in [6.07, 6.45) is 4.25. The molecule has 0 spiro atoms. The van der Waals surface area contributed by atoms with Gasteiger partial charge in [0.1, 0.15) is 0 Å². The molecule has 5 nitrogen and oxygen atoms in total. The summed E-state index contributed by atoms with van der Waals surface area (Å²) >= 11 is 0. The van der Waals surface area contributed by atoms with Crippen molar-refractivity contribution >= 4 is 11.8 Å². The predicted molar refractivity (Wildman–Crippen MR) is 68.7 cm³/mol. The monoisotopic (exact) mass is 253 g/mol. The van der Waals surface area contributed by atoms with Crippen LogP contribution in [0.4, 0.5) is 0 Å². The smallest absolute Gasteiger partial charge is 0.227 e. The first-order valence-electron chi connectivity index (χ1n) is 6.83. The molecule has 0 aromatic carbocycles. The molecule has 2 fully saturated rings. The van der Waals surface area contributed by atoms with E-state index in [9.17, 15) is 9.59 Å². The van der Waals surface area contributed by atoms with E-state index in [2.05, 4.69) is 17.6 Å². The fourth-order valence-electron chi connectivity index (χ4n) is 2.88. The van der Waals surface area contributed by atoms with Crippen molar-refractivity contribution in [2.75, 3.05) is 13.1 Å². The first-order valence-corrected chi connectivity index (χ1v) is 6.83. The van der Waals surface area contributed by atoms with Crippen molar-refractivity contribution in [1.29, 1.82) is 0 Å². The van der Waals surface area contributed by atoms with E-state index in [-0.39, 0.29) is 17.9 Å². The third kappa shape index (κ3) is 2.66. The minimum atomic E-state index is -0.405. The average Bonchev–Trinajstić information content (AvgIpc) is 2.76. The Morgan fingerprint density at radius 2 is 2.17 bits per heavy atom. The van der Waals surface area contributed by atoms with Gasteiger partial charge in [-0.3, -0.25) is 9.59 Å². The maximum atomic E-state index is 12.4. The van der Waals surface area contributed by atoms with Gasteiger partial charge < -0.3 is 16.4 Å². The van der Waals surface area contributed by atoms with Gasteiger partial charge in [0.15, 0.2) is 0 Å². The first kappa shape index (κ1) is 13.3. The Balaban J connectivity index is 1.95. The molecule has 1 atom stereocenters. The predicted octanol–water partition coefficient (Wildman–Crippen LogP) is 0.146. The van der Waals surface area contributed by atoms with Crippen molar-refractivity contribution in [2.45, 2.75) is 45.1 Å². The second-order valence-electron chi connectivity index (χ2n) is 5.85. The highest BCUT2D eigenvalue weighted by atomic mass is 16.2. The number of rotatable bonds is 3. The third-order valence-corrected chi connectivity index (χ3v) is 4.42. The van der Waals surface area contributed by atoms with Crippen LogP contribution < -0.4 is 16.4 Å². The second-order valence-corrected chi connectivity index (χ2v) is 5.85. The van der Waals surface area contributed by atoms with E-state index in [0.717, 1.165) is 25.7 Å². The maximum absolute atomic E-state index is 12.4. The number of nitrogens with two attached hydrogens (primary N) is 1. The molecule has 0 aromatic heterocycles. The number of carbonyl (C=O) groups excluding carboxylic acids is 2. The van der Waals surface area contributed by atoms with E-state index in [0.29, 0.717) is 25.4 Å². The van der Waals surface area contributed by atoms with E-state index in [1.807, 2.05) is 0 Å². The van der Waals surface area contributed by atoms with E-state index in [1.165, 1.54) is 0 Å². The van der Waals surface area contributed by atoms with Gasteiger partial charge in [0.05, 0.1) is 11.5 Å². The Morgan fingerprint density at radius 1 is 1.50 bits per heavy atom. The summed E-state index contributed by atoms with van der Waals surface area (Å²) in [5.74, 6) is 0.741. The van der Waals surface area contributed by atoms with E-state index >= 15 is 0 Å². The molecule has 18 heavy (non-hydrogen) atoms. The molecule has 5 heteroatoms. The standard InChI is InChI=1S/C13H23N3O2/c1-9-2-4-13(8-14,5-3-9)12(18)16-10-6-11(17)15-7-10/h9-10H,2-8,14H2,1H3,(H,15,17)(H,16,18). The lowest BCUT2D eigenvalue weighted by atomic mass is 9.70. The Morgan fingerprint density at radius 3 is 2.67 bits per heavy atom. The lowest BCUT2D eigenvalue weighted by Gasteiger charge is -2.37. The van der Waals surface area contributed by atoms with Gasteiger partial charge >= 0.3 is 0 Å². The number of amides is 2. The van der Waals surface area contributed by atoms with Gasteiger partial charge in [0, 0.05) is 19.5 Å². The Bertz CT molecular complexity index is 335. The Kier molecular flexibility index (Phi) is 3.90. The lowest BCUT2D eigenvalue weighted by Crippen LogP contribution is -2.51. The molecule has 1 aliphatic carbocycles. The largest absolute Gasteiger partial charge is 0.354 e. The van der Waals surface area contributed by atoms with Crippen LogP contribution in [0.25, 0.3) is 0 Å². The van der Waals surface area contributed by atoms with Crippen LogP contribution >= 0.6 is 0 Å². The van der Waals surface area contributed by atoms with E-state index in [1.54, 1.807) is 0 Å². The zero-order valence-corrected chi connectivity index (χ0v) is 11.0. The number of hydrogen-bond donors (Lipinski definition) is 3. The van der Waals surface area contributed by atoms with Crippen LogP contribution in [0.1, 0.15) is 39.0 Å². The van der Waals surface area contributed by atoms with Crippen LogP contribution in [0.2, 0.25) is 0 Å². The molecule has 0 radical (unpaired) electrons. The van der Waals surface area contributed by atoms with Gasteiger partial charge in [-0.05, 0) is 31.6 Å². The molecule has 0 aromatic rings. The van der Waals surface area contributed by atoms with Gasteiger partial charge in [-0.1, -0.05) is 6.92 Å². The van der Waals surface area contributed by atoms with Gasteiger partial charge in [-0.25, -0.2) is 0 Å². The van der Waals surface area contributed by atoms with Gasteiger partial charge in [-0.15, -0.1) is 0 Å². The van der Waals surface area contributed by atoms with Crippen LogP contribution in [0.15, 0.2) is 0 Å². The Hall–Kier alpha value is -1.10. The third-order valence-electron chi connectivity index (χ3n) is 4.42. The number of carbonyl (C=O) groups is 2. The normalized spacial score (nSPS) is 36.2. The molecule has 2 amide bonds. The summed E-state index contributed by atoms with van der Waals surface area (Å²) < 4.78 is 0. The molecule has 1 unspecified atom stereocenters. The van der Waals surface area contributed by atoms with Crippen LogP contribution in [-0.2, 0) is 9.59 Å². The molecule has 102 valence electrons. The highest BCUT2D eigenvalue weighted by molar-refractivity contribution is 5.85. The highest BCUT2D eigenvalue weighted by Gasteiger charge is 2.41. The molecule has 4 N–H and O–H groups in total. The molecular weight excluding hydrogens is 230 g/mol. The number of hydrogen-bond acceptors (Lipinski definition) is 3. The van der Waals surface area contributed by atoms with Crippen molar-refractivity contribution in [3.63, 3.8) is 0 Å². The lowest BCUT2D eigenvalue weighted by molar-refractivity contribution is -0.133. The van der Waals surface area contributed by atoms with Gasteiger partial charge in [0.2, 0.25) is 11.8 Å². The molecule has 1 aliphatic heterocycles. The summed E-state index contributed by atoms with van der Waals surface area (Å²) in [5.41, 5.74) is 5.44.